The van der Waals surface area contributed by atoms with E-state index in [9.17, 15) is 9.90 Å². The first-order chi connectivity index (χ1) is 8.22. The third kappa shape index (κ3) is 2.54. The summed E-state index contributed by atoms with van der Waals surface area (Å²) in [5.41, 5.74) is 5.93. The molecule has 1 saturated heterocycles. The second kappa shape index (κ2) is 5.11. The summed E-state index contributed by atoms with van der Waals surface area (Å²) in [6, 6.07) is 2.93. The number of amides is 1. The molecule has 92 valence electrons. The molecular weight excluding hydrogens is 222 g/mol. The zero-order valence-corrected chi connectivity index (χ0v) is 9.37. The summed E-state index contributed by atoms with van der Waals surface area (Å²) < 4.78 is 5.22. The Bertz CT molecular complexity index is 393. The maximum atomic E-state index is 12.2. The molecule has 3 N–H and O–H groups in total. The zero-order chi connectivity index (χ0) is 12.3. The molecule has 1 atom stereocenters. The van der Waals surface area contributed by atoms with Crippen molar-refractivity contribution in [2.45, 2.75) is 6.04 Å². The highest BCUT2D eigenvalue weighted by molar-refractivity contribution is 5.94. The summed E-state index contributed by atoms with van der Waals surface area (Å²) in [5, 5.41) is 9.19. The van der Waals surface area contributed by atoms with Crippen LogP contribution in [0.1, 0.15) is 10.4 Å². The smallest absolute Gasteiger partial charge is 0.255 e. The standard InChI is InChI=1S/C11H15N3O3/c12-10-2-1-8(5-13-10)11(16)14-3-4-17-7-9(14)6-15/h1-2,5,9,15H,3-4,6-7H2,(H2,12,13). The number of nitrogens with zero attached hydrogens (tertiary/aromatic N) is 2. The normalized spacial score (nSPS) is 20.3. The Labute approximate surface area is 99.0 Å². The SMILES string of the molecule is Nc1ccc(C(=O)N2CCOCC2CO)cn1. The third-order valence-electron chi connectivity index (χ3n) is 2.73. The summed E-state index contributed by atoms with van der Waals surface area (Å²) >= 11 is 0. The number of carbonyl (C=O) groups excluding carboxylic acids is 1. The minimum atomic E-state index is -0.284. The average molecular weight is 237 g/mol. The molecule has 17 heavy (non-hydrogen) atoms. The maximum Gasteiger partial charge on any atom is 0.255 e. The van der Waals surface area contributed by atoms with Crippen molar-refractivity contribution in [3.8, 4) is 0 Å². The highest BCUT2D eigenvalue weighted by atomic mass is 16.5. The van der Waals surface area contributed by atoms with Crippen molar-refractivity contribution in [1.82, 2.24) is 9.88 Å². The lowest BCUT2D eigenvalue weighted by atomic mass is 10.2. The minimum Gasteiger partial charge on any atom is -0.394 e. The van der Waals surface area contributed by atoms with E-state index in [-0.39, 0.29) is 18.6 Å². The fourth-order valence-corrected chi connectivity index (χ4v) is 1.77. The lowest BCUT2D eigenvalue weighted by Crippen LogP contribution is -2.50. The molecule has 6 heteroatoms. The van der Waals surface area contributed by atoms with Gasteiger partial charge >= 0.3 is 0 Å². The van der Waals surface area contributed by atoms with Crippen LogP contribution in [0.3, 0.4) is 0 Å². The number of pyridine rings is 1. The number of ether oxygens (including phenoxy) is 1. The third-order valence-corrected chi connectivity index (χ3v) is 2.73. The van der Waals surface area contributed by atoms with Gasteiger partial charge in [0.1, 0.15) is 5.82 Å². The van der Waals surface area contributed by atoms with Crippen LogP contribution in [0.25, 0.3) is 0 Å². The van der Waals surface area contributed by atoms with E-state index in [1.54, 1.807) is 17.0 Å². The van der Waals surface area contributed by atoms with Gasteiger partial charge in [-0.05, 0) is 12.1 Å². The number of aromatic nitrogens is 1. The number of hydrogen-bond donors (Lipinski definition) is 2. The van der Waals surface area contributed by atoms with Gasteiger partial charge in [0.05, 0.1) is 31.4 Å². The molecule has 1 aliphatic rings. The van der Waals surface area contributed by atoms with E-state index in [4.69, 9.17) is 10.5 Å². The molecule has 0 spiro atoms. The first kappa shape index (κ1) is 11.8. The van der Waals surface area contributed by atoms with Gasteiger partial charge in [0.2, 0.25) is 0 Å². The fraction of sp³-hybridized carbons (Fsp3) is 0.455. The van der Waals surface area contributed by atoms with Crippen molar-refractivity contribution >= 4 is 11.7 Å². The van der Waals surface area contributed by atoms with Crippen LogP contribution >= 0.6 is 0 Å². The van der Waals surface area contributed by atoms with Crippen molar-refractivity contribution < 1.29 is 14.6 Å². The molecule has 1 unspecified atom stereocenters. The monoisotopic (exact) mass is 237 g/mol. The van der Waals surface area contributed by atoms with Crippen LogP contribution in [-0.2, 0) is 4.74 Å². The Kier molecular flexibility index (Phi) is 3.55. The minimum absolute atomic E-state index is 0.103. The van der Waals surface area contributed by atoms with Gasteiger partial charge in [0.25, 0.3) is 5.91 Å². The van der Waals surface area contributed by atoms with E-state index in [0.717, 1.165) is 0 Å². The molecule has 1 fully saturated rings. The number of aliphatic hydroxyl groups excluding tert-OH is 1. The fourth-order valence-electron chi connectivity index (χ4n) is 1.77. The Morgan fingerprint density at radius 3 is 3.12 bits per heavy atom. The molecule has 0 bridgehead atoms. The van der Waals surface area contributed by atoms with Crippen molar-refractivity contribution in [2.75, 3.05) is 32.1 Å². The van der Waals surface area contributed by atoms with Gasteiger partial charge in [0, 0.05) is 12.7 Å². The Morgan fingerprint density at radius 1 is 1.65 bits per heavy atom. The van der Waals surface area contributed by atoms with E-state index < -0.39 is 0 Å². The predicted molar refractivity (Wildman–Crippen MR) is 61.4 cm³/mol. The summed E-state index contributed by atoms with van der Waals surface area (Å²) in [5.74, 6) is 0.224. The molecular formula is C11H15N3O3. The van der Waals surface area contributed by atoms with Crippen LogP contribution in [0.2, 0.25) is 0 Å². The van der Waals surface area contributed by atoms with E-state index in [1.165, 1.54) is 6.20 Å². The van der Waals surface area contributed by atoms with Gasteiger partial charge in [0.15, 0.2) is 0 Å². The van der Waals surface area contributed by atoms with Crippen molar-refractivity contribution in [3.63, 3.8) is 0 Å². The molecule has 1 aliphatic heterocycles. The summed E-state index contributed by atoms with van der Waals surface area (Å²) in [7, 11) is 0. The molecule has 0 aliphatic carbocycles. The second-order valence-electron chi connectivity index (χ2n) is 3.88. The maximum absolute atomic E-state index is 12.2. The average Bonchev–Trinajstić information content (AvgIpc) is 2.39. The van der Waals surface area contributed by atoms with Gasteiger partial charge in [-0.3, -0.25) is 4.79 Å². The Hall–Kier alpha value is -1.66. The molecule has 1 aromatic heterocycles. The van der Waals surface area contributed by atoms with Gasteiger partial charge < -0.3 is 20.5 Å². The number of nitrogens with two attached hydrogens (primary N) is 1. The molecule has 6 nitrogen and oxygen atoms in total. The van der Waals surface area contributed by atoms with Gasteiger partial charge in [-0.1, -0.05) is 0 Å². The Balaban J connectivity index is 2.15. The molecule has 1 aromatic rings. The lowest BCUT2D eigenvalue weighted by Gasteiger charge is -2.34. The van der Waals surface area contributed by atoms with Crippen LogP contribution in [0.4, 0.5) is 5.82 Å². The highest BCUT2D eigenvalue weighted by Crippen LogP contribution is 2.12. The number of hydrogen-bond acceptors (Lipinski definition) is 5. The number of anilines is 1. The molecule has 0 radical (unpaired) electrons. The number of nitrogen functional groups attached to an aromatic ring is 1. The predicted octanol–water partition coefficient (Wildman–Crippen LogP) is -0.503. The number of morpholine rings is 1. The second-order valence-corrected chi connectivity index (χ2v) is 3.88. The number of aliphatic hydroxyl groups is 1. The van der Waals surface area contributed by atoms with Gasteiger partial charge in [-0.2, -0.15) is 0 Å². The van der Waals surface area contributed by atoms with Crippen LogP contribution in [0.15, 0.2) is 18.3 Å². The van der Waals surface area contributed by atoms with Gasteiger partial charge in [-0.15, -0.1) is 0 Å². The van der Waals surface area contributed by atoms with Crippen molar-refractivity contribution in [3.05, 3.63) is 23.9 Å². The quantitative estimate of drug-likeness (QED) is 0.723. The first-order valence-electron chi connectivity index (χ1n) is 5.43. The van der Waals surface area contributed by atoms with Crippen LogP contribution in [0.5, 0.6) is 0 Å². The molecule has 1 amide bonds. The van der Waals surface area contributed by atoms with Crippen molar-refractivity contribution in [2.24, 2.45) is 0 Å². The van der Waals surface area contributed by atoms with Crippen LogP contribution < -0.4 is 5.73 Å². The highest BCUT2D eigenvalue weighted by Gasteiger charge is 2.27. The van der Waals surface area contributed by atoms with E-state index in [1.807, 2.05) is 0 Å². The topological polar surface area (TPSA) is 88.7 Å². The van der Waals surface area contributed by atoms with Crippen LogP contribution in [-0.4, -0.2) is 53.3 Å². The lowest BCUT2D eigenvalue weighted by molar-refractivity contribution is -0.0184. The van der Waals surface area contributed by atoms with E-state index in [2.05, 4.69) is 4.98 Å². The van der Waals surface area contributed by atoms with Crippen molar-refractivity contribution in [1.29, 1.82) is 0 Å². The first-order valence-corrected chi connectivity index (χ1v) is 5.43. The number of rotatable bonds is 2. The molecule has 2 rings (SSSR count). The van der Waals surface area contributed by atoms with E-state index >= 15 is 0 Å². The largest absolute Gasteiger partial charge is 0.394 e. The number of carbonyl (C=O) groups is 1. The molecule has 0 aromatic carbocycles. The molecule has 2 heterocycles. The summed E-state index contributed by atoms with van der Waals surface area (Å²) in [6.07, 6.45) is 1.45. The van der Waals surface area contributed by atoms with E-state index in [0.29, 0.717) is 31.1 Å². The van der Waals surface area contributed by atoms with Crippen LogP contribution in [0, 0.1) is 0 Å². The molecule has 0 saturated carbocycles. The zero-order valence-electron chi connectivity index (χ0n) is 9.37. The van der Waals surface area contributed by atoms with Gasteiger partial charge in [-0.25, -0.2) is 4.98 Å². The summed E-state index contributed by atoms with van der Waals surface area (Å²) in [4.78, 5) is 17.6. The Morgan fingerprint density at radius 2 is 2.47 bits per heavy atom. The summed E-state index contributed by atoms with van der Waals surface area (Å²) in [6.45, 7) is 1.23.